The molecule has 1 aromatic carbocycles. The molecule has 0 aliphatic carbocycles. The highest BCUT2D eigenvalue weighted by Crippen LogP contribution is 2.35. The Morgan fingerprint density at radius 1 is 1.06 bits per heavy atom. The molecule has 0 atom stereocenters. The van der Waals surface area contributed by atoms with Crippen molar-refractivity contribution in [2.24, 2.45) is 11.1 Å². The lowest BCUT2D eigenvalue weighted by Gasteiger charge is -2.35. The number of anilines is 2. The van der Waals surface area contributed by atoms with Crippen molar-refractivity contribution in [3.8, 4) is 22.6 Å². The van der Waals surface area contributed by atoms with Crippen LogP contribution in [-0.2, 0) is 9.47 Å². The van der Waals surface area contributed by atoms with Crippen molar-refractivity contribution < 1.29 is 13.9 Å². The molecule has 4 heterocycles. The third-order valence-corrected chi connectivity index (χ3v) is 5.57. The van der Waals surface area contributed by atoms with E-state index in [1.807, 2.05) is 19.1 Å². The first-order valence-corrected chi connectivity index (χ1v) is 10.8. The number of ether oxygens (including phenoxy) is 2. The SMILES string of the molecule is CC1(CN)COC(c2nc(-c3ccc(F)cc3)c(-c3ccnc(Nc4ccncc4)n3)[nH]2)OC1. The van der Waals surface area contributed by atoms with Crippen LogP contribution in [-0.4, -0.2) is 44.7 Å². The maximum absolute atomic E-state index is 13.6. The second-order valence-corrected chi connectivity index (χ2v) is 8.45. The van der Waals surface area contributed by atoms with E-state index in [-0.39, 0.29) is 11.2 Å². The number of nitrogens with zero attached hydrogens (tertiary/aromatic N) is 4. The minimum absolute atomic E-state index is 0.244. The maximum atomic E-state index is 13.6. The van der Waals surface area contributed by atoms with Crippen molar-refractivity contribution in [3.05, 3.63) is 72.7 Å². The molecule has 0 radical (unpaired) electrons. The van der Waals surface area contributed by atoms with Crippen molar-refractivity contribution >= 4 is 11.6 Å². The lowest BCUT2D eigenvalue weighted by Crippen LogP contribution is -2.42. The number of benzene rings is 1. The van der Waals surface area contributed by atoms with Crippen LogP contribution in [0.2, 0.25) is 0 Å². The van der Waals surface area contributed by atoms with Gasteiger partial charge < -0.3 is 25.5 Å². The highest BCUT2D eigenvalue weighted by Gasteiger charge is 2.34. The Kier molecular flexibility index (Phi) is 6.01. The number of nitrogens with two attached hydrogens (primary N) is 1. The molecule has 4 aromatic rings. The molecule has 0 spiro atoms. The quantitative estimate of drug-likeness (QED) is 0.396. The molecule has 1 aliphatic rings. The summed E-state index contributed by atoms with van der Waals surface area (Å²) in [7, 11) is 0. The van der Waals surface area contributed by atoms with E-state index >= 15 is 0 Å². The van der Waals surface area contributed by atoms with Gasteiger partial charge in [-0.1, -0.05) is 6.92 Å². The number of nitrogens with one attached hydrogen (secondary N) is 2. The fourth-order valence-electron chi connectivity index (χ4n) is 3.55. The Morgan fingerprint density at radius 3 is 2.50 bits per heavy atom. The number of aromatic nitrogens is 5. The Hall–Kier alpha value is -3.73. The van der Waals surface area contributed by atoms with Gasteiger partial charge in [0.05, 0.1) is 30.3 Å². The average Bonchev–Trinajstić information content (AvgIpc) is 3.31. The molecule has 1 aliphatic heterocycles. The zero-order valence-electron chi connectivity index (χ0n) is 18.5. The highest BCUT2D eigenvalue weighted by molar-refractivity contribution is 5.77. The molecule has 1 fully saturated rings. The Labute approximate surface area is 195 Å². The Balaban J connectivity index is 1.51. The summed E-state index contributed by atoms with van der Waals surface area (Å²) in [5.74, 6) is 0.580. The molecule has 1 saturated heterocycles. The van der Waals surface area contributed by atoms with E-state index in [1.165, 1.54) is 12.1 Å². The van der Waals surface area contributed by atoms with Crippen LogP contribution in [0.4, 0.5) is 16.0 Å². The number of imidazole rings is 1. The highest BCUT2D eigenvalue weighted by atomic mass is 19.1. The lowest BCUT2D eigenvalue weighted by atomic mass is 9.93. The summed E-state index contributed by atoms with van der Waals surface area (Å²) in [5, 5.41) is 3.16. The van der Waals surface area contributed by atoms with Crippen molar-refractivity contribution in [1.29, 1.82) is 0 Å². The third-order valence-electron chi connectivity index (χ3n) is 5.57. The predicted molar refractivity (Wildman–Crippen MR) is 124 cm³/mol. The lowest BCUT2D eigenvalue weighted by molar-refractivity contribution is -0.231. The van der Waals surface area contributed by atoms with Crippen LogP contribution in [0.15, 0.2) is 61.1 Å². The summed E-state index contributed by atoms with van der Waals surface area (Å²) in [6.45, 7) is 3.37. The third kappa shape index (κ3) is 4.65. The summed E-state index contributed by atoms with van der Waals surface area (Å²) < 4.78 is 25.4. The minimum atomic E-state index is -0.677. The smallest absolute Gasteiger partial charge is 0.227 e. The molecule has 174 valence electrons. The maximum Gasteiger partial charge on any atom is 0.227 e. The van der Waals surface area contributed by atoms with Gasteiger partial charge in [0, 0.05) is 41.8 Å². The van der Waals surface area contributed by atoms with Gasteiger partial charge in [0.2, 0.25) is 12.2 Å². The van der Waals surface area contributed by atoms with Crippen LogP contribution in [0.3, 0.4) is 0 Å². The second-order valence-electron chi connectivity index (χ2n) is 8.45. The first-order valence-electron chi connectivity index (χ1n) is 10.8. The molecule has 0 unspecified atom stereocenters. The summed E-state index contributed by atoms with van der Waals surface area (Å²) in [5.41, 5.74) is 8.98. The number of hydrogen-bond donors (Lipinski definition) is 3. The largest absolute Gasteiger partial charge is 0.345 e. The number of rotatable bonds is 6. The van der Waals surface area contributed by atoms with Gasteiger partial charge in [-0.25, -0.2) is 19.3 Å². The molecule has 9 nitrogen and oxygen atoms in total. The number of pyridine rings is 1. The average molecular weight is 462 g/mol. The molecular formula is C24H24FN7O2. The summed E-state index contributed by atoms with van der Waals surface area (Å²) in [6.07, 6.45) is 4.34. The van der Waals surface area contributed by atoms with E-state index in [4.69, 9.17) is 20.2 Å². The van der Waals surface area contributed by atoms with Gasteiger partial charge in [0.25, 0.3) is 0 Å². The Morgan fingerprint density at radius 2 is 1.79 bits per heavy atom. The molecule has 4 N–H and O–H groups in total. The van der Waals surface area contributed by atoms with E-state index in [1.54, 1.807) is 36.8 Å². The molecular weight excluding hydrogens is 437 g/mol. The zero-order valence-corrected chi connectivity index (χ0v) is 18.5. The number of halogens is 1. The summed E-state index contributed by atoms with van der Waals surface area (Å²) >= 11 is 0. The number of H-pyrrole nitrogens is 1. The van der Waals surface area contributed by atoms with Crippen LogP contribution in [0, 0.1) is 11.2 Å². The van der Waals surface area contributed by atoms with Gasteiger partial charge in [-0.15, -0.1) is 0 Å². The van der Waals surface area contributed by atoms with E-state index in [0.717, 1.165) is 11.3 Å². The minimum Gasteiger partial charge on any atom is -0.345 e. The number of hydrogen-bond acceptors (Lipinski definition) is 8. The van der Waals surface area contributed by atoms with E-state index in [9.17, 15) is 4.39 Å². The molecule has 5 rings (SSSR count). The van der Waals surface area contributed by atoms with Crippen molar-refractivity contribution in [2.75, 3.05) is 25.1 Å². The fraction of sp³-hybridized carbons (Fsp3) is 0.250. The second kappa shape index (κ2) is 9.26. The molecule has 10 heteroatoms. The Bertz CT molecular complexity index is 1260. The molecule has 34 heavy (non-hydrogen) atoms. The topological polar surface area (TPSA) is 124 Å². The van der Waals surface area contributed by atoms with Gasteiger partial charge in [-0.05, 0) is 42.5 Å². The van der Waals surface area contributed by atoms with Gasteiger partial charge in [-0.2, -0.15) is 0 Å². The van der Waals surface area contributed by atoms with Crippen LogP contribution in [0.25, 0.3) is 22.6 Å². The van der Waals surface area contributed by atoms with Gasteiger partial charge in [-0.3, -0.25) is 4.98 Å². The normalized spacial score (nSPS) is 20.3. The molecule has 0 bridgehead atoms. The first-order chi connectivity index (χ1) is 16.5. The van der Waals surface area contributed by atoms with Gasteiger partial charge in [0.1, 0.15) is 5.82 Å². The van der Waals surface area contributed by atoms with E-state index in [0.29, 0.717) is 48.6 Å². The standard InChI is InChI=1S/C24H24FN7O2/c1-24(12-26)13-33-22(34-14-24)21-31-19(15-2-4-16(25)5-3-15)20(32-21)18-8-11-28-23(30-18)29-17-6-9-27-10-7-17/h2-11,22H,12-14,26H2,1H3,(H,31,32)(H,27,28,29,30). The zero-order chi connectivity index (χ0) is 23.5. The molecule has 0 amide bonds. The fourth-order valence-corrected chi connectivity index (χ4v) is 3.55. The number of aromatic amines is 1. The monoisotopic (exact) mass is 461 g/mol. The summed E-state index contributed by atoms with van der Waals surface area (Å²) in [4.78, 5) is 21.0. The van der Waals surface area contributed by atoms with Crippen molar-refractivity contribution in [2.45, 2.75) is 13.2 Å². The van der Waals surface area contributed by atoms with Gasteiger partial charge >= 0.3 is 0 Å². The van der Waals surface area contributed by atoms with Crippen LogP contribution < -0.4 is 11.1 Å². The van der Waals surface area contributed by atoms with Crippen LogP contribution in [0.1, 0.15) is 19.0 Å². The van der Waals surface area contributed by atoms with E-state index < -0.39 is 6.29 Å². The van der Waals surface area contributed by atoms with Crippen molar-refractivity contribution in [3.63, 3.8) is 0 Å². The van der Waals surface area contributed by atoms with Crippen LogP contribution >= 0.6 is 0 Å². The summed E-state index contributed by atoms with van der Waals surface area (Å²) in [6, 6.07) is 11.5. The first kappa shape index (κ1) is 22.1. The molecule has 0 saturated carbocycles. The predicted octanol–water partition coefficient (Wildman–Crippen LogP) is 3.82. The van der Waals surface area contributed by atoms with Gasteiger partial charge in [0.15, 0.2) is 5.82 Å². The van der Waals surface area contributed by atoms with Crippen LogP contribution in [0.5, 0.6) is 0 Å². The molecule has 3 aromatic heterocycles. The van der Waals surface area contributed by atoms with Crippen molar-refractivity contribution in [1.82, 2.24) is 24.9 Å². The van der Waals surface area contributed by atoms with E-state index in [2.05, 4.69) is 25.3 Å².